The molecular weight excluding hydrogens is 361 g/mol. The molecule has 2 aromatic rings. The van der Waals surface area contributed by atoms with Crippen molar-refractivity contribution in [1.29, 1.82) is 5.26 Å². The van der Waals surface area contributed by atoms with Crippen molar-refractivity contribution in [2.75, 3.05) is 10.6 Å². The number of rotatable bonds is 4. The van der Waals surface area contributed by atoms with E-state index in [2.05, 4.69) is 10.6 Å². The highest BCUT2D eigenvalue weighted by Crippen LogP contribution is 2.40. The predicted molar refractivity (Wildman–Crippen MR) is 96.5 cm³/mol. The van der Waals surface area contributed by atoms with Crippen LogP contribution in [-0.4, -0.2) is 11.8 Å². The standard InChI is InChI=1S/C18H13Cl2N3O2/c19-15-5-4-12(7-16(15)20)23-18(25)14-8-13(14)17(24)22-11-3-1-2-10(6-11)9-21/h1-7,13-14H,8H2,(H,22,24)(H,23,25). The van der Waals surface area contributed by atoms with Gasteiger partial charge in [-0.25, -0.2) is 0 Å². The van der Waals surface area contributed by atoms with Gasteiger partial charge in [-0.15, -0.1) is 0 Å². The van der Waals surface area contributed by atoms with Crippen LogP contribution < -0.4 is 10.6 Å². The van der Waals surface area contributed by atoms with E-state index in [1.165, 1.54) is 0 Å². The minimum Gasteiger partial charge on any atom is -0.326 e. The van der Waals surface area contributed by atoms with E-state index in [1.54, 1.807) is 42.5 Å². The summed E-state index contributed by atoms with van der Waals surface area (Å²) in [6.07, 6.45) is 0.483. The van der Waals surface area contributed by atoms with Crippen molar-refractivity contribution in [3.05, 3.63) is 58.1 Å². The molecule has 1 fully saturated rings. The van der Waals surface area contributed by atoms with Crippen LogP contribution in [0.2, 0.25) is 10.0 Å². The van der Waals surface area contributed by atoms with Gasteiger partial charge in [0, 0.05) is 11.4 Å². The Balaban J connectivity index is 1.57. The summed E-state index contributed by atoms with van der Waals surface area (Å²) in [5.74, 6) is -1.23. The fraction of sp³-hybridized carbons (Fsp3) is 0.167. The van der Waals surface area contributed by atoms with E-state index in [1.807, 2.05) is 6.07 Å². The minimum atomic E-state index is -0.381. The van der Waals surface area contributed by atoms with E-state index < -0.39 is 0 Å². The van der Waals surface area contributed by atoms with Gasteiger partial charge in [-0.05, 0) is 42.8 Å². The second-order valence-electron chi connectivity index (χ2n) is 5.75. The first-order valence-electron chi connectivity index (χ1n) is 7.55. The van der Waals surface area contributed by atoms with Gasteiger partial charge in [0.25, 0.3) is 0 Å². The second kappa shape index (κ2) is 7.14. The quantitative estimate of drug-likeness (QED) is 0.846. The third kappa shape index (κ3) is 4.11. The topological polar surface area (TPSA) is 82.0 Å². The number of benzene rings is 2. The maximum Gasteiger partial charge on any atom is 0.228 e. The van der Waals surface area contributed by atoms with Crippen molar-refractivity contribution in [1.82, 2.24) is 0 Å². The Labute approximate surface area is 154 Å². The Hall–Kier alpha value is -2.55. The summed E-state index contributed by atoms with van der Waals surface area (Å²) in [4.78, 5) is 24.5. The molecule has 2 unspecified atom stereocenters. The average molecular weight is 374 g/mol. The molecule has 0 saturated heterocycles. The molecule has 0 aliphatic heterocycles. The maximum atomic E-state index is 12.2. The van der Waals surface area contributed by atoms with Crippen molar-refractivity contribution in [2.45, 2.75) is 6.42 Å². The number of halogens is 2. The number of carbonyl (C=O) groups excluding carboxylic acids is 2. The number of nitrogens with one attached hydrogen (secondary N) is 2. The van der Waals surface area contributed by atoms with Crippen LogP contribution in [-0.2, 0) is 9.59 Å². The molecule has 0 radical (unpaired) electrons. The van der Waals surface area contributed by atoms with E-state index in [0.29, 0.717) is 33.4 Å². The summed E-state index contributed by atoms with van der Waals surface area (Å²) in [5, 5.41) is 15.1. The van der Waals surface area contributed by atoms with Crippen LogP contribution in [0.15, 0.2) is 42.5 Å². The van der Waals surface area contributed by atoms with Crippen molar-refractivity contribution < 1.29 is 9.59 Å². The molecular formula is C18H13Cl2N3O2. The van der Waals surface area contributed by atoms with Crippen molar-refractivity contribution in [2.24, 2.45) is 11.8 Å². The molecule has 1 aliphatic carbocycles. The monoisotopic (exact) mass is 373 g/mol. The lowest BCUT2D eigenvalue weighted by molar-refractivity contribution is -0.122. The first kappa shape index (κ1) is 17.3. The van der Waals surface area contributed by atoms with Gasteiger partial charge in [-0.1, -0.05) is 29.3 Å². The molecule has 0 bridgehead atoms. The van der Waals surface area contributed by atoms with Crippen LogP contribution in [0.25, 0.3) is 0 Å². The number of carbonyl (C=O) groups is 2. The summed E-state index contributed by atoms with van der Waals surface area (Å²) in [6.45, 7) is 0. The Bertz CT molecular complexity index is 892. The zero-order chi connectivity index (χ0) is 18.0. The summed E-state index contributed by atoms with van der Waals surface area (Å²) >= 11 is 11.8. The highest BCUT2D eigenvalue weighted by atomic mass is 35.5. The smallest absolute Gasteiger partial charge is 0.228 e. The molecule has 1 saturated carbocycles. The molecule has 25 heavy (non-hydrogen) atoms. The van der Waals surface area contributed by atoms with Gasteiger partial charge in [0.1, 0.15) is 0 Å². The molecule has 0 aromatic heterocycles. The molecule has 1 aliphatic rings. The van der Waals surface area contributed by atoms with Crippen LogP contribution in [0.5, 0.6) is 0 Å². The first-order chi connectivity index (χ1) is 12.0. The molecule has 3 rings (SSSR count). The second-order valence-corrected chi connectivity index (χ2v) is 6.56. The Morgan fingerprint density at radius 2 is 1.60 bits per heavy atom. The predicted octanol–water partition coefficient (Wildman–Crippen LogP) is 4.08. The Morgan fingerprint density at radius 3 is 2.20 bits per heavy atom. The molecule has 0 spiro atoms. The normalized spacial score (nSPS) is 18.1. The molecule has 7 heteroatoms. The van der Waals surface area contributed by atoms with E-state index in [-0.39, 0.29) is 23.7 Å². The van der Waals surface area contributed by atoms with E-state index in [4.69, 9.17) is 28.5 Å². The lowest BCUT2D eigenvalue weighted by Crippen LogP contribution is -2.20. The van der Waals surface area contributed by atoms with Gasteiger partial charge in [0.2, 0.25) is 11.8 Å². The largest absolute Gasteiger partial charge is 0.326 e. The van der Waals surface area contributed by atoms with Crippen LogP contribution in [0.4, 0.5) is 11.4 Å². The van der Waals surface area contributed by atoms with Crippen LogP contribution in [0.3, 0.4) is 0 Å². The van der Waals surface area contributed by atoms with Crippen LogP contribution in [0, 0.1) is 23.2 Å². The number of hydrogen-bond acceptors (Lipinski definition) is 3. The first-order valence-corrected chi connectivity index (χ1v) is 8.30. The van der Waals surface area contributed by atoms with Crippen molar-refractivity contribution in [3.63, 3.8) is 0 Å². The van der Waals surface area contributed by atoms with Gasteiger partial charge < -0.3 is 10.6 Å². The van der Waals surface area contributed by atoms with Crippen molar-refractivity contribution >= 4 is 46.4 Å². The van der Waals surface area contributed by atoms with Gasteiger partial charge in [0.15, 0.2) is 0 Å². The summed E-state index contributed by atoms with van der Waals surface area (Å²) in [5.41, 5.74) is 1.54. The molecule has 2 aromatic carbocycles. The zero-order valence-corrected chi connectivity index (χ0v) is 14.4. The SMILES string of the molecule is N#Cc1cccc(NC(=O)C2CC2C(=O)Nc2ccc(Cl)c(Cl)c2)c1. The van der Waals surface area contributed by atoms with Crippen LogP contribution >= 0.6 is 23.2 Å². The summed E-state index contributed by atoms with van der Waals surface area (Å²) < 4.78 is 0. The van der Waals surface area contributed by atoms with E-state index in [0.717, 1.165) is 0 Å². The minimum absolute atomic E-state index is 0.232. The molecule has 0 heterocycles. The van der Waals surface area contributed by atoms with Crippen LogP contribution in [0.1, 0.15) is 12.0 Å². The van der Waals surface area contributed by atoms with E-state index in [9.17, 15) is 9.59 Å². The molecule has 2 N–H and O–H groups in total. The summed E-state index contributed by atoms with van der Waals surface area (Å²) in [6, 6.07) is 13.5. The van der Waals surface area contributed by atoms with Crippen molar-refractivity contribution in [3.8, 4) is 6.07 Å². The summed E-state index contributed by atoms with van der Waals surface area (Å²) in [7, 11) is 0. The van der Waals surface area contributed by atoms with Gasteiger partial charge >= 0.3 is 0 Å². The molecule has 5 nitrogen and oxygen atoms in total. The highest BCUT2D eigenvalue weighted by molar-refractivity contribution is 6.42. The van der Waals surface area contributed by atoms with Gasteiger partial charge in [0.05, 0.1) is 33.5 Å². The highest BCUT2D eigenvalue weighted by Gasteiger charge is 2.48. The third-order valence-corrected chi connectivity index (χ3v) is 4.65. The lowest BCUT2D eigenvalue weighted by Gasteiger charge is -2.07. The lowest BCUT2D eigenvalue weighted by atomic mass is 10.2. The number of amides is 2. The zero-order valence-electron chi connectivity index (χ0n) is 12.9. The fourth-order valence-electron chi connectivity index (χ4n) is 2.48. The number of anilines is 2. The third-order valence-electron chi connectivity index (χ3n) is 3.91. The number of hydrogen-bond donors (Lipinski definition) is 2. The molecule has 2 amide bonds. The molecule has 2 atom stereocenters. The van der Waals surface area contributed by atoms with Gasteiger partial charge in [-0.2, -0.15) is 5.26 Å². The van der Waals surface area contributed by atoms with Gasteiger partial charge in [-0.3, -0.25) is 9.59 Å². The Morgan fingerprint density at radius 1 is 0.960 bits per heavy atom. The average Bonchev–Trinajstić information content (AvgIpc) is 3.39. The number of nitriles is 1. The maximum absolute atomic E-state index is 12.2. The fourth-order valence-corrected chi connectivity index (χ4v) is 2.78. The molecule has 126 valence electrons. The number of nitrogens with zero attached hydrogens (tertiary/aromatic N) is 1. The van der Waals surface area contributed by atoms with E-state index >= 15 is 0 Å². The Kier molecular flexibility index (Phi) is 4.93.